The first-order valence-electron chi connectivity index (χ1n) is 4.18. The molecule has 0 saturated heterocycles. The molecule has 0 amide bonds. The van der Waals surface area contributed by atoms with Crippen molar-refractivity contribution in [1.29, 1.82) is 5.26 Å². The molecule has 0 heterocycles. The molecule has 1 aromatic rings. The van der Waals surface area contributed by atoms with E-state index in [1.807, 2.05) is 6.07 Å². The van der Waals surface area contributed by atoms with Gasteiger partial charge in [0.25, 0.3) is 0 Å². The van der Waals surface area contributed by atoms with Crippen molar-refractivity contribution in [1.82, 2.24) is 0 Å². The third-order valence-corrected chi connectivity index (χ3v) is 2.45. The minimum absolute atomic E-state index is 0.506. The van der Waals surface area contributed by atoms with E-state index in [9.17, 15) is 4.79 Å². The van der Waals surface area contributed by atoms with Crippen LogP contribution in [-0.4, -0.2) is 11.1 Å². The van der Waals surface area contributed by atoms with Gasteiger partial charge in [-0.25, -0.2) is 4.79 Å². The van der Waals surface area contributed by atoms with E-state index in [2.05, 4.69) is 22.0 Å². The number of benzene rings is 1. The molecule has 0 radical (unpaired) electrons. The molecule has 0 atom stereocenters. The molecule has 1 rings (SSSR count). The van der Waals surface area contributed by atoms with Crippen LogP contribution in [0.2, 0.25) is 0 Å². The predicted octanol–water partition coefficient (Wildman–Crippen LogP) is 2.55. The Morgan fingerprint density at radius 2 is 2.33 bits per heavy atom. The molecule has 3 nitrogen and oxygen atoms in total. The van der Waals surface area contributed by atoms with Crippen LogP contribution in [0, 0.1) is 11.3 Å². The molecule has 0 fully saturated rings. The number of rotatable bonds is 3. The molecule has 0 spiro atoms. The van der Waals surface area contributed by atoms with Crippen molar-refractivity contribution in [2.75, 3.05) is 0 Å². The maximum atomic E-state index is 10.3. The van der Waals surface area contributed by atoms with E-state index in [0.29, 0.717) is 16.5 Å². The fourth-order valence-electron chi connectivity index (χ4n) is 1.17. The summed E-state index contributed by atoms with van der Waals surface area (Å²) in [4.78, 5) is 10.3. The van der Waals surface area contributed by atoms with E-state index in [-0.39, 0.29) is 0 Å². The lowest BCUT2D eigenvalue weighted by molar-refractivity contribution is -0.131. The summed E-state index contributed by atoms with van der Waals surface area (Å²) in [5, 5.41) is 18.0. The Kier molecular flexibility index (Phi) is 4.07. The van der Waals surface area contributed by atoms with E-state index >= 15 is 0 Å². The average molecular weight is 266 g/mol. The van der Waals surface area contributed by atoms with Gasteiger partial charge in [0, 0.05) is 11.4 Å². The van der Waals surface area contributed by atoms with Crippen LogP contribution in [0.5, 0.6) is 0 Å². The highest BCUT2D eigenvalue weighted by Crippen LogP contribution is 2.17. The van der Waals surface area contributed by atoms with Crippen LogP contribution in [0.15, 0.2) is 24.3 Å². The first-order valence-corrected chi connectivity index (χ1v) is 5.30. The van der Waals surface area contributed by atoms with Gasteiger partial charge < -0.3 is 5.11 Å². The number of halogens is 1. The van der Waals surface area contributed by atoms with Crippen LogP contribution in [0.1, 0.15) is 16.7 Å². The first kappa shape index (κ1) is 11.5. The number of carboxylic acids is 1. The summed E-state index contributed by atoms with van der Waals surface area (Å²) in [6, 6.07) is 7.39. The highest BCUT2D eigenvalue weighted by molar-refractivity contribution is 9.08. The standard InChI is InChI=1S/C11H8BrNO2/c12-6-9-3-1-2-8(10(9)7-13)4-5-11(14)15/h1-5H,6H2,(H,14,15)/b5-4+. The van der Waals surface area contributed by atoms with Crippen molar-refractivity contribution in [3.05, 3.63) is 41.0 Å². The summed E-state index contributed by atoms with van der Waals surface area (Å²) in [6.45, 7) is 0. The number of hydrogen-bond donors (Lipinski definition) is 1. The van der Waals surface area contributed by atoms with Gasteiger partial charge in [-0.15, -0.1) is 0 Å². The Morgan fingerprint density at radius 3 is 2.87 bits per heavy atom. The van der Waals surface area contributed by atoms with Crippen molar-refractivity contribution >= 4 is 28.0 Å². The quantitative estimate of drug-likeness (QED) is 0.675. The molecule has 0 aliphatic rings. The number of carboxylic acid groups (broad SMARTS) is 1. The Balaban J connectivity index is 3.19. The maximum Gasteiger partial charge on any atom is 0.328 e. The molecule has 0 bridgehead atoms. The lowest BCUT2D eigenvalue weighted by atomic mass is 10.0. The van der Waals surface area contributed by atoms with E-state index in [0.717, 1.165) is 11.6 Å². The summed E-state index contributed by atoms with van der Waals surface area (Å²) < 4.78 is 0. The second-order valence-electron chi connectivity index (χ2n) is 2.80. The summed E-state index contributed by atoms with van der Waals surface area (Å²) in [5.74, 6) is -1.02. The summed E-state index contributed by atoms with van der Waals surface area (Å²) in [7, 11) is 0. The fourth-order valence-corrected chi connectivity index (χ4v) is 1.63. The number of aliphatic carboxylic acids is 1. The van der Waals surface area contributed by atoms with Gasteiger partial charge in [0.15, 0.2) is 0 Å². The van der Waals surface area contributed by atoms with Crippen LogP contribution in [0.25, 0.3) is 6.08 Å². The molecule has 76 valence electrons. The molecule has 0 aliphatic heterocycles. The third-order valence-electron chi connectivity index (χ3n) is 1.84. The van der Waals surface area contributed by atoms with Crippen LogP contribution >= 0.6 is 15.9 Å². The Bertz CT molecular complexity index is 446. The monoisotopic (exact) mass is 265 g/mol. The van der Waals surface area contributed by atoms with Crippen molar-refractivity contribution in [2.45, 2.75) is 5.33 Å². The molecule has 4 heteroatoms. The van der Waals surface area contributed by atoms with Crippen LogP contribution in [0.4, 0.5) is 0 Å². The van der Waals surface area contributed by atoms with Gasteiger partial charge in [-0.2, -0.15) is 5.26 Å². The Morgan fingerprint density at radius 1 is 1.60 bits per heavy atom. The molecule has 1 aromatic carbocycles. The number of hydrogen-bond acceptors (Lipinski definition) is 2. The zero-order valence-electron chi connectivity index (χ0n) is 7.77. The SMILES string of the molecule is N#Cc1c(/C=C/C(=O)O)cccc1CBr. The van der Waals surface area contributed by atoms with Gasteiger partial charge in [0.2, 0.25) is 0 Å². The van der Waals surface area contributed by atoms with Crippen molar-refractivity contribution in [3.63, 3.8) is 0 Å². The topological polar surface area (TPSA) is 61.1 Å². The molecule has 0 unspecified atom stereocenters. The van der Waals surface area contributed by atoms with Crippen LogP contribution < -0.4 is 0 Å². The van der Waals surface area contributed by atoms with Gasteiger partial charge in [0.05, 0.1) is 5.56 Å². The second-order valence-corrected chi connectivity index (χ2v) is 3.36. The normalized spacial score (nSPS) is 10.1. The molecule has 15 heavy (non-hydrogen) atoms. The number of nitriles is 1. The summed E-state index contributed by atoms with van der Waals surface area (Å²) >= 11 is 3.27. The fraction of sp³-hybridized carbons (Fsp3) is 0.0909. The van der Waals surface area contributed by atoms with Crippen molar-refractivity contribution in [3.8, 4) is 6.07 Å². The van der Waals surface area contributed by atoms with Crippen molar-refractivity contribution in [2.24, 2.45) is 0 Å². The Hall–Kier alpha value is -1.60. The van der Waals surface area contributed by atoms with E-state index in [1.165, 1.54) is 6.08 Å². The highest BCUT2D eigenvalue weighted by atomic mass is 79.9. The highest BCUT2D eigenvalue weighted by Gasteiger charge is 2.04. The summed E-state index contributed by atoms with van der Waals surface area (Å²) in [6.07, 6.45) is 2.45. The summed E-state index contributed by atoms with van der Waals surface area (Å²) in [5.41, 5.74) is 1.98. The smallest absolute Gasteiger partial charge is 0.328 e. The first-order chi connectivity index (χ1) is 7.19. The van der Waals surface area contributed by atoms with Crippen LogP contribution in [0.3, 0.4) is 0 Å². The number of nitrogens with zero attached hydrogens (tertiary/aromatic N) is 1. The minimum atomic E-state index is -1.02. The molecule has 0 aromatic heterocycles. The largest absolute Gasteiger partial charge is 0.478 e. The molecule has 0 aliphatic carbocycles. The molecular weight excluding hydrogens is 258 g/mol. The maximum absolute atomic E-state index is 10.3. The molecule has 0 saturated carbocycles. The zero-order valence-corrected chi connectivity index (χ0v) is 9.36. The van der Waals surface area contributed by atoms with Gasteiger partial charge in [-0.05, 0) is 17.2 Å². The predicted molar refractivity (Wildman–Crippen MR) is 60.5 cm³/mol. The van der Waals surface area contributed by atoms with E-state index < -0.39 is 5.97 Å². The second kappa shape index (κ2) is 5.32. The van der Waals surface area contributed by atoms with Gasteiger partial charge in [0.1, 0.15) is 6.07 Å². The van der Waals surface area contributed by atoms with Gasteiger partial charge in [-0.1, -0.05) is 34.1 Å². The van der Waals surface area contributed by atoms with Gasteiger partial charge in [-0.3, -0.25) is 0 Å². The third kappa shape index (κ3) is 2.93. The van der Waals surface area contributed by atoms with Gasteiger partial charge >= 0.3 is 5.97 Å². The average Bonchev–Trinajstić information content (AvgIpc) is 2.25. The van der Waals surface area contributed by atoms with E-state index in [1.54, 1.807) is 12.1 Å². The van der Waals surface area contributed by atoms with E-state index in [4.69, 9.17) is 10.4 Å². The molecule has 1 N–H and O–H groups in total. The van der Waals surface area contributed by atoms with Crippen molar-refractivity contribution < 1.29 is 9.90 Å². The lowest BCUT2D eigenvalue weighted by Gasteiger charge is -2.02. The molecular formula is C11H8BrNO2. The number of carbonyl (C=O) groups is 1. The lowest BCUT2D eigenvalue weighted by Crippen LogP contribution is -1.91. The number of alkyl halides is 1. The Labute approximate surface area is 95.8 Å². The minimum Gasteiger partial charge on any atom is -0.478 e. The van der Waals surface area contributed by atoms with Crippen LogP contribution in [-0.2, 0) is 10.1 Å². The zero-order chi connectivity index (χ0) is 11.3.